The monoisotopic (exact) mass is 156 g/mol. The summed E-state index contributed by atoms with van der Waals surface area (Å²) in [6.07, 6.45) is 0.583. The number of rotatable bonds is 4. The molecule has 0 aromatic rings. The van der Waals surface area contributed by atoms with Gasteiger partial charge in [-0.25, -0.2) is 0 Å². The number of halogens is 1. The van der Waals surface area contributed by atoms with Crippen molar-refractivity contribution in [3.05, 3.63) is 0 Å². The van der Waals surface area contributed by atoms with Crippen molar-refractivity contribution in [3.8, 4) is 0 Å². The van der Waals surface area contributed by atoms with Crippen LogP contribution in [0.5, 0.6) is 0 Å². The van der Waals surface area contributed by atoms with Gasteiger partial charge >= 0.3 is 9.05 Å². The van der Waals surface area contributed by atoms with Gasteiger partial charge in [0.05, 0.1) is 0 Å². The van der Waals surface area contributed by atoms with E-state index in [-0.39, 0.29) is 6.61 Å². The molecule has 0 aromatic carbocycles. The smallest absolute Gasteiger partial charge is 0.366 e. The maximum absolute atomic E-state index is 11.0. The van der Waals surface area contributed by atoms with Gasteiger partial charge in [0.2, 0.25) is 0 Å². The van der Waals surface area contributed by atoms with Crippen LogP contribution in [-0.4, -0.2) is 25.2 Å². The highest BCUT2D eigenvalue weighted by molar-refractivity contribution is 6.49. The Bertz CT molecular complexity index is 78.2. The minimum atomic E-state index is -4.36. The van der Waals surface area contributed by atoms with Crippen molar-refractivity contribution in [2.45, 2.75) is 13.3 Å². The van der Waals surface area contributed by atoms with Crippen LogP contribution in [0.2, 0.25) is 0 Å². The third kappa shape index (κ3) is 4.49. The Hall–Kier alpha value is -0.0131. The average Bonchev–Trinajstić information content (AvgIpc) is 1.84. The van der Waals surface area contributed by atoms with Crippen LogP contribution in [0, 0.1) is 0 Å². The van der Waals surface area contributed by atoms with Crippen molar-refractivity contribution in [1.82, 2.24) is 0 Å². The number of hydrogen-bond acceptors (Lipinski definition) is 4. The lowest BCUT2D eigenvalue weighted by atomic mass is 10.5. The lowest BCUT2D eigenvalue weighted by Crippen LogP contribution is -2.40. The molecule has 0 fully saturated rings. The maximum Gasteiger partial charge on any atom is 0.706 e. The van der Waals surface area contributed by atoms with Gasteiger partial charge in [-0.1, -0.05) is 11.4 Å². The highest BCUT2D eigenvalue weighted by atomic mass is 28.4. The van der Waals surface area contributed by atoms with Crippen molar-refractivity contribution >= 4 is 9.05 Å². The Balaban J connectivity index is 3.33. The third-order valence-corrected chi connectivity index (χ3v) is 1.38. The van der Waals surface area contributed by atoms with E-state index < -0.39 is 9.05 Å². The molecule has 0 aliphatic heterocycles. The Morgan fingerprint density at radius 3 is 2.44 bits per heavy atom. The van der Waals surface area contributed by atoms with Gasteiger partial charge in [0.1, 0.15) is 0 Å². The van der Waals surface area contributed by atoms with Crippen molar-refractivity contribution in [1.29, 1.82) is 0 Å². The summed E-state index contributed by atoms with van der Waals surface area (Å²) in [5, 5.41) is 0. The van der Waals surface area contributed by atoms with E-state index >= 15 is 0 Å². The number of hydrogen-bond donors (Lipinski definition) is 2. The molecule has 0 saturated heterocycles. The molecule has 56 valence electrons. The van der Waals surface area contributed by atoms with E-state index in [2.05, 4.69) is 9.06 Å². The van der Waals surface area contributed by atoms with Crippen LogP contribution in [-0.2, 0) is 9.06 Å². The molecule has 2 N–H and O–H groups in total. The van der Waals surface area contributed by atoms with E-state index in [0.717, 1.165) is 0 Å². The van der Waals surface area contributed by atoms with Crippen molar-refractivity contribution < 1.29 is 23.2 Å². The van der Waals surface area contributed by atoms with Crippen molar-refractivity contribution in [2.75, 3.05) is 6.61 Å². The van der Waals surface area contributed by atoms with Gasteiger partial charge < -0.3 is 14.0 Å². The van der Waals surface area contributed by atoms with Crippen LogP contribution < -0.4 is 0 Å². The van der Waals surface area contributed by atoms with Gasteiger partial charge in [-0.2, -0.15) is 4.63 Å². The Labute approximate surface area is 53.2 Å². The first-order valence-electron chi connectivity index (χ1n) is 2.51. The summed E-state index contributed by atoms with van der Waals surface area (Å²) in [4.78, 5) is 16.7. The molecule has 0 heterocycles. The van der Waals surface area contributed by atoms with Crippen LogP contribution in [0.4, 0.5) is 4.53 Å². The molecular formula is C3H9FO4Si. The molecule has 0 aromatic heterocycles. The highest BCUT2D eigenvalue weighted by Crippen LogP contribution is 1.98. The van der Waals surface area contributed by atoms with Crippen LogP contribution in [0.1, 0.15) is 13.3 Å². The molecule has 0 unspecified atom stereocenters. The van der Waals surface area contributed by atoms with Gasteiger partial charge in [-0.15, -0.1) is 0 Å². The minimum Gasteiger partial charge on any atom is -0.366 e. The first-order chi connectivity index (χ1) is 4.12. The summed E-state index contributed by atoms with van der Waals surface area (Å²) in [5.74, 6) is 0. The second-order valence-electron chi connectivity index (χ2n) is 1.47. The summed E-state index contributed by atoms with van der Waals surface area (Å²) < 4.78 is 18.0. The molecule has 0 atom stereocenters. The summed E-state index contributed by atoms with van der Waals surface area (Å²) in [7, 11) is -4.36. The predicted octanol–water partition coefficient (Wildman–Crippen LogP) is -0.266. The van der Waals surface area contributed by atoms with Gasteiger partial charge in [-0.3, -0.25) is 0 Å². The summed E-state index contributed by atoms with van der Waals surface area (Å²) in [6, 6.07) is 0. The molecule has 6 heteroatoms. The molecule has 0 aliphatic rings. The SMILES string of the molecule is CCCO[Si](O)(O)OF. The quantitative estimate of drug-likeness (QED) is 0.550. The molecule has 0 rings (SSSR count). The Morgan fingerprint density at radius 1 is 1.56 bits per heavy atom. The fourth-order valence-electron chi connectivity index (χ4n) is 0.257. The van der Waals surface area contributed by atoms with Crippen LogP contribution >= 0.6 is 0 Å². The zero-order valence-corrected chi connectivity index (χ0v) is 6.00. The summed E-state index contributed by atoms with van der Waals surface area (Å²) in [6.45, 7) is 1.84. The van der Waals surface area contributed by atoms with Gasteiger partial charge in [-0.05, 0) is 6.42 Å². The largest absolute Gasteiger partial charge is 0.706 e. The zero-order valence-electron chi connectivity index (χ0n) is 5.00. The maximum atomic E-state index is 11.0. The topological polar surface area (TPSA) is 58.9 Å². The molecule has 0 bridgehead atoms. The summed E-state index contributed by atoms with van der Waals surface area (Å²) in [5.41, 5.74) is 0. The predicted molar refractivity (Wildman–Crippen MR) is 28.6 cm³/mol. The standard InChI is InChI=1S/C3H9FO4Si/c1-2-3-7-9(5,6)8-4/h5-6H,2-3H2,1H3. The van der Waals surface area contributed by atoms with E-state index in [1.807, 2.05) is 0 Å². The molecule has 0 spiro atoms. The lowest BCUT2D eigenvalue weighted by molar-refractivity contribution is -0.123. The van der Waals surface area contributed by atoms with Crippen molar-refractivity contribution in [3.63, 3.8) is 0 Å². The van der Waals surface area contributed by atoms with Crippen LogP contribution in [0.3, 0.4) is 0 Å². The minimum absolute atomic E-state index is 0.0865. The molecule has 9 heavy (non-hydrogen) atoms. The lowest BCUT2D eigenvalue weighted by Gasteiger charge is -2.09. The summed E-state index contributed by atoms with van der Waals surface area (Å²) >= 11 is 0. The first kappa shape index (κ1) is 8.99. The molecule has 4 nitrogen and oxygen atoms in total. The van der Waals surface area contributed by atoms with E-state index in [1.54, 1.807) is 6.92 Å². The van der Waals surface area contributed by atoms with Crippen molar-refractivity contribution in [2.24, 2.45) is 0 Å². The average molecular weight is 156 g/mol. The van der Waals surface area contributed by atoms with Gasteiger partial charge in [0.25, 0.3) is 0 Å². The zero-order chi connectivity index (χ0) is 7.33. The molecule has 0 radical (unpaired) electrons. The molecule has 0 saturated carbocycles. The van der Waals surface area contributed by atoms with Gasteiger partial charge in [0, 0.05) is 6.61 Å². The molecule has 0 amide bonds. The Kier molecular flexibility index (Phi) is 3.90. The fourth-order valence-corrected chi connectivity index (χ4v) is 0.772. The van der Waals surface area contributed by atoms with E-state index in [9.17, 15) is 4.53 Å². The Morgan fingerprint density at radius 2 is 2.11 bits per heavy atom. The third-order valence-electron chi connectivity index (χ3n) is 0.595. The van der Waals surface area contributed by atoms with E-state index in [4.69, 9.17) is 9.59 Å². The van der Waals surface area contributed by atoms with Crippen LogP contribution in [0.15, 0.2) is 0 Å². The fraction of sp³-hybridized carbons (Fsp3) is 1.00. The second kappa shape index (κ2) is 3.91. The molecule has 0 aliphatic carbocycles. The van der Waals surface area contributed by atoms with Gasteiger partial charge in [0.15, 0.2) is 0 Å². The van der Waals surface area contributed by atoms with Crippen LogP contribution in [0.25, 0.3) is 0 Å². The molecular weight excluding hydrogens is 147 g/mol. The van der Waals surface area contributed by atoms with E-state index in [1.165, 1.54) is 0 Å². The second-order valence-corrected chi connectivity index (χ2v) is 3.01. The normalized spacial score (nSPS) is 12.0. The van der Waals surface area contributed by atoms with E-state index in [0.29, 0.717) is 6.42 Å². The first-order valence-corrected chi connectivity index (χ1v) is 4.22. The highest BCUT2D eigenvalue weighted by Gasteiger charge is 2.37.